The van der Waals surface area contributed by atoms with Crippen molar-refractivity contribution in [2.45, 2.75) is 31.6 Å². The SMILES string of the molecule is Cn1nc(C2CCCC2)c(Br)c1N=C=O. The molecule has 1 saturated carbocycles. The fraction of sp³-hybridized carbons (Fsp3) is 0.600. The molecule has 15 heavy (non-hydrogen) atoms. The Morgan fingerprint density at radius 2 is 2.20 bits per heavy atom. The van der Waals surface area contributed by atoms with Crippen LogP contribution in [0.4, 0.5) is 5.82 Å². The molecule has 0 spiro atoms. The first kappa shape index (κ1) is 10.6. The Labute approximate surface area is 96.5 Å². The number of rotatable bonds is 2. The molecule has 0 radical (unpaired) electrons. The van der Waals surface area contributed by atoms with Crippen molar-refractivity contribution in [1.82, 2.24) is 9.78 Å². The molecule has 0 atom stereocenters. The van der Waals surface area contributed by atoms with Crippen molar-refractivity contribution in [3.63, 3.8) is 0 Å². The topological polar surface area (TPSA) is 47.2 Å². The van der Waals surface area contributed by atoms with Gasteiger partial charge in [-0.2, -0.15) is 5.10 Å². The van der Waals surface area contributed by atoms with Gasteiger partial charge in [-0.15, -0.1) is 4.99 Å². The maximum Gasteiger partial charge on any atom is 0.242 e. The standard InChI is InChI=1S/C10H12BrN3O/c1-14-10(12-6-15)8(11)9(13-14)7-4-2-3-5-7/h7H,2-5H2,1H3. The van der Waals surface area contributed by atoms with Gasteiger partial charge in [0.05, 0.1) is 10.2 Å². The summed E-state index contributed by atoms with van der Waals surface area (Å²) < 4.78 is 2.48. The lowest BCUT2D eigenvalue weighted by molar-refractivity contribution is 0.564. The molecular weight excluding hydrogens is 258 g/mol. The van der Waals surface area contributed by atoms with E-state index < -0.39 is 0 Å². The van der Waals surface area contributed by atoms with Crippen LogP contribution in [-0.2, 0) is 11.8 Å². The summed E-state index contributed by atoms with van der Waals surface area (Å²) in [5.41, 5.74) is 1.03. The molecule has 1 heterocycles. The summed E-state index contributed by atoms with van der Waals surface area (Å²) >= 11 is 3.46. The average molecular weight is 270 g/mol. The Balaban J connectivity index is 2.40. The van der Waals surface area contributed by atoms with Gasteiger partial charge in [-0.1, -0.05) is 12.8 Å². The van der Waals surface area contributed by atoms with Crippen molar-refractivity contribution in [2.75, 3.05) is 0 Å². The van der Waals surface area contributed by atoms with Gasteiger partial charge < -0.3 is 0 Å². The molecule has 0 amide bonds. The van der Waals surface area contributed by atoms with Crippen LogP contribution in [0.25, 0.3) is 0 Å². The van der Waals surface area contributed by atoms with Gasteiger partial charge in [0.25, 0.3) is 0 Å². The monoisotopic (exact) mass is 269 g/mol. The van der Waals surface area contributed by atoms with Crippen molar-refractivity contribution >= 4 is 27.8 Å². The number of nitrogens with zero attached hydrogens (tertiary/aromatic N) is 3. The highest BCUT2D eigenvalue weighted by atomic mass is 79.9. The van der Waals surface area contributed by atoms with E-state index >= 15 is 0 Å². The average Bonchev–Trinajstić information content (AvgIpc) is 2.81. The van der Waals surface area contributed by atoms with Crippen LogP contribution in [0.1, 0.15) is 37.3 Å². The lowest BCUT2D eigenvalue weighted by atomic mass is 10.0. The third-order valence-corrected chi connectivity index (χ3v) is 3.64. The van der Waals surface area contributed by atoms with Crippen molar-refractivity contribution in [3.05, 3.63) is 10.2 Å². The van der Waals surface area contributed by atoms with Crippen LogP contribution in [0.2, 0.25) is 0 Å². The number of hydrogen-bond donors (Lipinski definition) is 0. The molecule has 0 aromatic carbocycles. The fourth-order valence-electron chi connectivity index (χ4n) is 2.13. The minimum absolute atomic E-state index is 0.515. The van der Waals surface area contributed by atoms with E-state index in [0.29, 0.717) is 11.7 Å². The molecule has 0 unspecified atom stereocenters. The van der Waals surface area contributed by atoms with Crippen molar-refractivity contribution in [1.29, 1.82) is 0 Å². The van der Waals surface area contributed by atoms with Gasteiger partial charge in [0, 0.05) is 13.0 Å². The highest BCUT2D eigenvalue weighted by molar-refractivity contribution is 9.10. The van der Waals surface area contributed by atoms with E-state index in [4.69, 9.17) is 0 Å². The Morgan fingerprint density at radius 1 is 1.53 bits per heavy atom. The van der Waals surface area contributed by atoms with E-state index in [1.54, 1.807) is 17.8 Å². The van der Waals surface area contributed by atoms with Gasteiger partial charge >= 0.3 is 0 Å². The van der Waals surface area contributed by atoms with Crippen LogP contribution < -0.4 is 0 Å². The molecule has 0 bridgehead atoms. The molecule has 80 valence electrons. The van der Waals surface area contributed by atoms with Crippen molar-refractivity contribution in [3.8, 4) is 0 Å². The van der Waals surface area contributed by atoms with E-state index in [2.05, 4.69) is 26.0 Å². The number of aliphatic imine (C=N–C) groups is 1. The van der Waals surface area contributed by atoms with Gasteiger partial charge in [-0.05, 0) is 28.8 Å². The molecular formula is C10H12BrN3O. The molecule has 4 nitrogen and oxygen atoms in total. The third-order valence-electron chi connectivity index (χ3n) is 2.88. The highest BCUT2D eigenvalue weighted by Gasteiger charge is 2.24. The fourth-order valence-corrected chi connectivity index (χ4v) is 2.88. The number of hydrogen-bond acceptors (Lipinski definition) is 3. The first-order chi connectivity index (χ1) is 7.24. The summed E-state index contributed by atoms with van der Waals surface area (Å²) in [7, 11) is 1.79. The Morgan fingerprint density at radius 3 is 2.80 bits per heavy atom. The minimum atomic E-state index is 0.515. The number of aryl methyl sites for hydroxylation is 1. The summed E-state index contributed by atoms with van der Waals surface area (Å²) in [5.74, 6) is 1.08. The predicted octanol–water partition coefficient (Wildman–Crippen LogP) is 2.81. The zero-order valence-corrected chi connectivity index (χ0v) is 10.1. The Kier molecular flexibility index (Phi) is 3.03. The smallest absolute Gasteiger partial charge is 0.242 e. The summed E-state index contributed by atoms with van der Waals surface area (Å²) in [4.78, 5) is 13.9. The lowest BCUT2D eigenvalue weighted by Gasteiger charge is -2.04. The second-order valence-corrected chi connectivity index (χ2v) is 4.62. The van der Waals surface area contributed by atoms with E-state index in [0.717, 1.165) is 10.2 Å². The Bertz CT molecular complexity index is 415. The molecule has 1 fully saturated rings. The summed E-state index contributed by atoms with van der Waals surface area (Å²) in [6.45, 7) is 0. The number of carbonyl (C=O) groups excluding carboxylic acids is 1. The Hall–Kier alpha value is -0.930. The third kappa shape index (κ3) is 1.90. The van der Waals surface area contributed by atoms with Crippen LogP contribution in [-0.4, -0.2) is 15.9 Å². The van der Waals surface area contributed by atoms with Gasteiger partial charge in [0.1, 0.15) is 0 Å². The van der Waals surface area contributed by atoms with Crippen LogP contribution >= 0.6 is 15.9 Å². The predicted molar refractivity (Wildman–Crippen MR) is 59.9 cm³/mol. The summed E-state index contributed by atoms with van der Waals surface area (Å²) in [6, 6.07) is 0. The second kappa shape index (κ2) is 4.29. The molecule has 1 aliphatic carbocycles. The lowest BCUT2D eigenvalue weighted by Crippen LogP contribution is -1.96. The first-order valence-electron chi connectivity index (χ1n) is 5.04. The number of isocyanates is 1. The maximum atomic E-state index is 10.3. The van der Waals surface area contributed by atoms with Gasteiger partial charge in [0.2, 0.25) is 6.08 Å². The van der Waals surface area contributed by atoms with Crippen molar-refractivity contribution < 1.29 is 4.79 Å². The van der Waals surface area contributed by atoms with Crippen molar-refractivity contribution in [2.24, 2.45) is 12.0 Å². The molecule has 1 aromatic heterocycles. The van der Waals surface area contributed by atoms with E-state index in [9.17, 15) is 4.79 Å². The minimum Gasteiger partial charge on any atom is -0.249 e. The molecule has 0 N–H and O–H groups in total. The van der Waals surface area contributed by atoms with E-state index in [1.165, 1.54) is 25.7 Å². The van der Waals surface area contributed by atoms with E-state index in [-0.39, 0.29) is 0 Å². The maximum absolute atomic E-state index is 10.3. The summed E-state index contributed by atoms with van der Waals surface area (Å²) in [6.07, 6.45) is 6.44. The zero-order chi connectivity index (χ0) is 10.8. The van der Waals surface area contributed by atoms with Gasteiger partial charge in [-0.3, -0.25) is 0 Å². The quantitative estimate of drug-likeness (QED) is 0.612. The molecule has 0 saturated heterocycles. The van der Waals surface area contributed by atoms with Gasteiger partial charge in [-0.25, -0.2) is 9.48 Å². The second-order valence-electron chi connectivity index (χ2n) is 3.83. The van der Waals surface area contributed by atoms with Crippen LogP contribution in [0, 0.1) is 0 Å². The van der Waals surface area contributed by atoms with E-state index in [1.807, 2.05) is 0 Å². The highest BCUT2D eigenvalue weighted by Crippen LogP contribution is 2.40. The number of aromatic nitrogens is 2. The van der Waals surface area contributed by atoms with Gasteiger partial charge in [0.15, 0.2) is 5.82 Å². The molecule has 1 aromatic rings. The largest absolute Gasteiger partial charge is 0.249 e. The molecule has 2 rings (SSSR count). The van der Waals surface area contributed by atoms with Crippen LogP contribution in [0.3, 0.4) is 0 Å². The first-order valence-corrected chi connectivity index (χ1v) is 5.83. The molecule has 1 aliphatic rings. The van der Waals surface area contributed by atoms with Crippen LogP contribution in [0.15, 0.2) is 9.47 Å². The number of halogens is 1. The summed E-state index contributed by atoms with van der Waals surface area (Å²) in [5, 5.41) is 4.41. The molecule has 0 aliphatic heterocycles. The van der Waals surface area contributed by atoms with Crippen LogP contribution in [0.5, 0.6) is 0 Å². The molecule has 5 heteroatoms. The zero-order valence-electron chi connectivity index (χ0n) is 8.53. The normalized spacial score (nSPS) is 16.7.